The molecule has 36 heavy (non-hydrogen) atoms. The second kappa shape index (κ2) is 12.0. The van der Waals surface area contributed by atoms with Crippen LogP contribution >= 0.6 is 0 Å². The van der Waals surface area contributed by atoms with Gasteiger partial charge in [-0.05, 0) is 63.8 Å². The molecule has 3 aromatic rings. The number of hydrogen-bond acceptors (Lipinski definition) is 6. The molecule has 2 aromatic carbocycles. The molecule has 1 saturated heterocycles. The first-order valence-electron chi connectivity index (χ1n) is 13.0. The zero-order chi connectivity index (χ0) is 25.7. The van der Waals surface area contributed by atoms with Crippen LogP contribution in [0, 0.1) is 5.82 Å². The predicted octanol–water partition coefficient (Wildman–Crippen LogP) is 4.64. The first-order valence-corrected chi connectivity index (χ1v) is 13.0. The first-order chi connectivity index (χ1) is 17.5. The van der Waals surface area contributed by atoms with Crippen LogP contribution in [0.5, 0.6) is 0 Å². The maximum Gasteiger partial charge on any atom is 0.256 e. The number of halogens is 1. The van der Waals surface area contributed by atoms with E-state index in [0.717, 1.165) is 37.0 Å². The number of piperidine rings is 1. The van der Waals surface area contributed by atoms with E-state index in [0.29, 0.717) is 29.8 Å². The van der Waals surface area contributed by atoms with Crippen molar-refractivity contribution in [2.24, 2.45) is 0 Å². The molecular formula is C28H37FN4O3. The van der Waals surface area contributed by atoms with E-state index in [9.17, 15) is 14.3 Å². The lowest BCUT2D eigenvalue weighted by Gasteiger charge is -2.32. The molecule has 1 aromatic heterocycles. The van der Waals surface area contributed by atoms with Crippen LogP contribution in [0.4, 0.5) is 4.39 Å². The third kappa shape index (κ3) is 5.61. The SMILES string of the molecule is CCN(CC)CC.O=C1c2ccccc2C(O)N1CCN1CCC(c2noc3cc(F)ccc23)CC1. The van der Waals surface area contributed by atoms with Crippen LogP contribution in [-0.4, -0.2) is 76.7 Å². The Hall–Kier alpha value is -2.81. The van der Waals surface area contributed by atoms with E-state index >= 15 is 0 Å². The van der Waals surface area contributed by atoms with Gasteiger partial charge in [-0.25, -0.2) is 4.39 Å². The maximum absolute atomic E-state index is 13.4. The van der Waals surface area contributed by atoms with Crippen LogP contribution < -0.4 is 0 Å². The number of aliphatic hydroxyl groups excluding tert-OH is 1. The molecule has 0 saturated carbocycles. The third-order valence-electron chi connectivity index (χ3n) is 7.46. The van der Waals surface area contributed by atoms with Crippen LogP contribution in [0.2, 0.25) is 0 Å². The highest BCUT2D eigenvalue weighted by molar-refractivity contribution is 5.98. The third-order valence-corrected chi connectivity index (χ3v) is 7.46. The van der Waals surface area contributed by atoms with Crippen LogP contribution in [0.15, 0.2) is 47.0 Å². The molecule has 7 nitrogen and oxygen atoms in total. The van der Waals surface area contributed by atoms with E-state index in [1.165, 1.54) is 36.7 Å². The summed E-state index contributed by atoms with van der Waals surface area (Å²) in [6.07, 6.45) is 0.990. The maximum atomic E-state index is 13.4. The molecule has 1 N–H and O–H groups in total. The number of amides is 1. The molecule has 1 fully saturated rings. The summed E-state index contributed by atoms with van der Waals surface area (Å²) in [6.45, 7) is 13.1. The second-order valence-electron chi connectivity index (χ2n) is 9.40. The minimum absolute atomic E-state index is 0.107. The second-order valence-corrected chi connectivity index (χ2v) is 9.40. The highest BCUT2D eigenvalue weighted by atomic mass is 19.1. The number of aliphatic hydroxyl groups is 1. The monoisotopic (exact) mass is 496 g/mol. The summed E-state index contributed by atoms with van der Waals surface area (Å²) in [5, 5.41) is 15.5. The lowest BCUT2D eigenvalue weighted by molar-refractivity contribution is 0.0126. The van der Waals surface area contributed by atoms with Crippen LogP contribution in [0.1, 0.15) is 67.4 Å². The highest BCUT2D eigenvalue weighted by Crippen LogP contribution is 2.34. The van der Waals surface area contributed by atoms with Gasteiger partial charge in [0.25, 0.3) is 5.91 Å². The Morgan fingerprint density at radius 1 is 1.06 bits per heavy atom. The smallest absolute Gasteiger partial charge is 0.256 e. The summed E-state index contributed by atoms with van der Waals surface area (Å²) in [4.78, 5) is 18.8. The Balaban J connectivity index is 0.000000384. The van der Waals surface area contributed by atoms with Gasteiger partial charge in [0.15, 0.2) is 11.8 Å². The van der Waals surface area contributed by atoms with Crippen molar-refractivity contribution >= 4 is 16.9 Å². The van der Waals surface area contributed by atoms with E-state index in [2.05, 4.69) is 35.7 Å². The molecule has 0 bridgehead atoms. The standard InChI is InChI=1S/C22H22FN3O3.C6H15N/c23-15-5-6-18-19(13-15)29-24-20(18)14-7-9-25(10-8-14)11-12-26-21(27)16-3-1-2-4-17(16)22(26)28;1-4-7(5-2)6-3/h1-6,13-14,21,27H,7-12H2;4-6H2,1-3H3. The van der Waals surface area contributed by atoms with Gasteiger partial charge in [-0.1, -0.05) is 44.1 Å². The topological polar surface area (TPSA) is 73.1 Å². The van der Waals surface area contributed by atoms with Gasteiger partial charge in [0, 0.05) is 41.6 Å². The van der Waals surface area contributed by atoms with Gasteiger partial charge in [-0.3, -0.25) is 4.79 Å². The number of benzene rings is 2. The van der Waals surface area contributed by atoms with Gasteiger partial charge in [0.1, 0.15) is 5.82 Å². The number of aromatic nitrogens is 1. The van der Waals surface area contributed by atoms with E-state index in [1.807, 2.05) is 12.1 Å². The Morgan fingerprint density at radius 2 is 1.75 bits per heavy atom. The fourth-order valence-electron chi connectivity index (χ4n) is 5.15. The average Bonchev–Trinajstić information content (AvgIpc) is 3.43. The summed E-state index contributed by atoms with van der Waals surface area (Å²) < 4.78 is 18.7. The summed E-state index contributed by atoms with van der Waals surface area (Å²) in [7, 11) is 0. The lowest BCUT2D eigenvalue weighted by Crippen LogP contribution is -2.40. The number of hydrogen-bond donors (Lipinski definition) is 1. The van der Waals surface area contributed by atoms with Crippen molar-refractivity contribution in [3.63, 3.8) is 0 Å². The van der Waals surface area contributed by atoms with Gasteiger partial charge in [0.05, 0.1) is 5.69 Å². The minimum atomic E-state index is -0.863. The van der Waals surface area contributed by atoms with Crippen LogP contribution in [0.3, 0.4) is 0 Å². The molecule has 194 valence electrons. The van der Waals surface area contributed by atoms with E-state index in [1.54, 1.807) is 18.2 Å². The van der Waals surface area contributed by atoms with Crippen LogP contribution in [0.25, 0.3) is 11.0 Å². The molecule has 0 aliphatic carbocycles. The molecular weight excluding hydrogens is 459 g/mol. The van der Waals surface area contributed by atoms with Crippen molar-refractivity contribution in [1.82, 2.24) is 19.9 Å². The molecule has 2 aliphatic rings. The van der Waals surface area contributed by atoms with E-state index < -0.39 is 6.23 Å². The summed E-state index contributed by atoms with van der Waals surface area (Å²) >= 11 is 0. The Labute approximate surface area is 212 Å². The molecule has 0 spiro atoms. The van der Waals surface area contributed by atoms with Gasteiger partial charge >= 0.3 is 0 Å². The molecule has 0 radical (unpaired) electrons. The largest absolute Gasteiger partial charge is 0.369 e. The zero-order valence-corrected chi connectivity index (χ0v) is 21.5. The summed E-state index contributed by atoms with van der Waals surface area (Å²) in [5.41, 5.74) is 2.67. The molecule has 5 rings (SSSR count). The predicted molar refractivity (Wildman–Crippen MR) is 138 cm³/mol. The van der Waals surface area contributed by atoms with Crippen LogP contribution in [-0.2, 0) is 0 Å². The molecule has 1 unspecified atom stereocenters. The minimum Gasteiger partial charge on any atom is -0.369 e. The number of nitrogens with zero attached hydrogens (tertiary/aromatic N) is 4. The summed E-state index contributed by atoms with van der Waals surface area (Å²) in [6, 6.07) is 11.8. The van der Waals surface area contributed by atoms with Crippen molar-refractivity contribution in [2.45, 2.75) is 45.8 Å². The van der Waals surface area contributed by atoms with E-state index in [-0.39, 0.29) is 17.6 Å². The normalized spacial score (nSPS) is 18.6. The van der Waals surface area contributed by atoms with Crippen molar-refractivity contribution in [2.75, 3.05) is 45.8 Å². The fourth-order valence-corrected chi connectivity index (χ4v) is 5.15. The molecule has 8 heteroatoms. The van der Waals surface area contributed by atoms with Gasteiger partial charge in [-0.2, -0.15) is 0 Å². The molecule has 2 aliphatic heterocycles. The van der Waals surface area contributed by atoms with Gasteiger partial charge in [-0.15, -0.1) is 0 Å². The number of likely N-dealkylation sites (tertiary alicyclic amines) is 1. The van der Waals surface area contributed by atoms with Crippen molar-refractivity contribution in [3.8, 4) is 0 Å². The number of rotatable bonds is 7. The lowest BCUT2D eigenvalue weighted by atomic mass is 9.91. The zero-order valence-electron chi connectivity index (χ0n) is 21.5. The van der Waals surface area contributed by atoms with Crippen molar-refractivity contribution in [1.29, 1.82) is 0 Å². The Bertz CT molecular complexity index is 1150. The summed E-state index contributed by atoms with van der Waals surface area (Å²) in [5.74, 6) is -0.152. The quantitative estimate of drug-likeness (QED) is 0.514. The average molecular weight is 497 g/mol. The molecule has 1 atom stereocenters. The van der Waals surface area contributed by atoms with Crippen molar-refractivity contribution < 1.29 is 18.8 Å². The fraction of sp³-hybridized carbons (Fsp3) is 0.500. The van der Waals surface area contributed by atoms with Crippen molar-refractivity contribution in [3.05, 3.63) is 65.1 Å². The highest BCUT2D eigenvalue weighted by Gasteiger charge is 2.35. The van der Waals surface area contributed by atoms with Gasteiger partial charge in [0.2, 0.25) is 0 Å². The van der Waals surface area contributed by atoms with Gasteiger partial charge < -0.3 is 24.3 Å². The number of fused-ring (bicyclic) bond motifs is 2. The molecule has 3 heterocycles. The molecule has 1 amide bonds. The van der Waals surface area contributed by atoms with E-state index in [4.69, 9.17) is 4.52 Å². The Morgan fingerprint density at radius 3 is 2.39 bits per heavy atom. The number of carbonyl (C=O) groups excluding carboxylic acids is 1. The Kier molecular flexibility index (Phi) is 8.72. The number of carbonyl (C=O) groups is 1. The first kappa shape index (κ1) is 26.3.